The molecule has 0 aromatic heterocycles. The first-order chi connectivity index (χ1) is 9.25. The summed E-state index contributed by atoms with van der Waals surface area (Å²) in [7, 11) is 0. The van der Waals surface area contributed by atoms with Crippen molar-refractivity contribution in [1.29, 1.82) is 0 Å². The molecule has 3 atom stereocenters. The maximum Gasteiger partial charge on any atom is 0.307 e. The SMILES string of the molecule is C=C[C@H]1C2CC(=O)O[C@@]21c1ccc2ccccc2c1. The summed E-state index contributed by atoms with van der Waals surface area (Å²) in [5, 5.41) is 2.39. The lowest BCUT2D eigenvalue weighted by molar-refractivity contribution is -0.146. The van der Waals surface area contributed by atoms with Crippen molar-refractivity contribution in [2.45, 2.75) is 12.0 Å². The quantitative estimate of drug-likeness (QED) is 0.603. The summed E-state index contributed by atoms with van der Waals surface area (Å²) in [4.78, 5) is 11.5. The number of hydrogen-bond acceptors (Lipinski definition) is 2. The van der Waals surface area contributed by atoms with Gasteiger partial charge in [0.05, 0.1) is 6.42 Å². The predicted molar refractivity (Wildman–Crippen MR) is 73.5 cm³/mol. The van der Waals surface area contributed by atoms with Gasteiger partial charge in [0.1, 0.15) is 5.60 Å². The molecule has 0 radical (unpaired) electrons. The highest BCUT2D eigenvalue weighted by Gasteiger charge is 2.71. The minimum atomic E-state index is -0.428. The number of esters is 1. The Kier molecular flexibility index (Phi) is 1.97. The van der Waals surface area contributed by atoms with E-state index in [4.69, 9.17) is 4.74 Å². The monoisotopic (exact) mass is 250 g/mol. The van der Waals surface area contributed by atoms with Crippen molar-refractivity contribution in [2.24, 2.45) is 11.8 Å². The first-order valence-electron chi connectivity index (χ1n) is 6.59. The van der Waals surface area contributed by atoms with Crippen molar-refractivity contribution in [2.75, 3.05) is 0 Å². The van der Waals surface area contributed by atoms with Crippen LogP contribution in [0.2, 0.25) is 0 Å². The first kappa shape index (κ1) is 10.8. The number of ether oxygens (including phenoxy) is 1. The van der Waals surface area contributed by atoms with Crippen LogP contribution < -0.4 is 0 Å². The van der Waals surface area contributed by atoms with Crippen molar-refractivity contribution in [1.82, 2.24) is 0 Å². The molecule has 1 aliphatic carbocycles. The van der Waals surface area contributed by atoms with Crippen LogP contribution in [0.25, 0.3) is 10.8 Å². The van der Waals surface area contributed by atoms with Gasteiger partial charge >= 0.3 is 5.97 Å². The van der Waals surface area contributed by atoms with E-state index in [2.05, 4.69) is 36.9 Å². The number of carbonyl (C=O) groups excluding carboxylic acids is 1. The third kappa shape index (κ3) is 1.29. The zero-order valence-corrected chi connectivity index (χ0v) is 10.5. The van der Waals surface area contributed by atoms with Crippen LogP contribution in [0.15, 0.2) is 55.1 Å². The van der Waals surface area contributed by atoms with Crippen molar-refractivity contribution >= 4 is 16.7 Å². The molecule has 1 heterocycles. The van der Waals surface area contributed by atoms with Gasteiger partial charge in [0.15, 0.2) is 0 Å². The molecule has 0 N–H and O–H groups in total. The highest BCUT2D eigenvalue weighted by atomic mass is 16.6. The van der Waals surface area contributed by atoms with Gasteiger partial charge in [-0.1, -0.05) is 42.5 Å². The van der Waals surface area contributed by atoms with E-state index in [1.807, 2.05) is 18.2 Å². The molecular formula is C17H14O2. The number of benzene rings is 2. The average Bonchev–Trinajstić information content (AvgIpc) is 2.89. The van der Waals surface area contributed by atoms with Gasteiger partial charge in [0, 0.05) is 11.8 Å². The van der Waals surface area contributed by atoms with E-state index >= 15 is 0 Å². The Morgan fingerprint density at radius 2 is 2.00 bits per heavy atom. The lowest BCUT2D eigenvalue weighted by Gasteiger charge is -2.16. The molecule has 2 aromatic carbocycles. The Balaban J connectivity index is 1.86. The van der Waals surface area contributed by atoms with E-state index in [-0.39, 0.29) is 17.8 Å². The second-order valence-electron chi connectivity index (χ2n) is 5.40. The summed E-state index contributed by atoms with van der Waals surface area (Å²) in [6.07, 6.45) is 2.44. The minimum absolute atomic E-state index is 0.0868. The fourth-order valence-corrected chi connectivity index (χ4v) is 3.53. The van der Waals surface area contributed by atoms with Crippen LogP contribution in [-0.4, -0.2) is 5.97 Å². The Morgan fingerprint density at radius 1 is 1.21 bits per heavy atom. The fraction of sp³-hybridized carbons (Fsp3) is 0.235. The Labute approximate surface area is 111 Å². The zero-order chi connectivity index (χ0) is 13.0. The Bertz CT molecular complexity index is 703. The maximum atomic E-state index is 11.5. The second-order valence-corrected chi connectivity index (χ2v) is 5.40. The van der Waals surface area contributed by atoms with E-state index in [0.29, 0.717) is 6.42 Å². The van der Waals surface area contributed by atoms with E-state index in [1.54, 1.807) is 0 Å². The average molecular weight is 250 g/mol. The van der Waals surface area contributed by atoms with E-state index in [0.717, 1.165) is 5.56 Å². The lowest BCUT2D eigenvalue weighted by Crippen LogP contribution is -2.15. The molecule has 94 valence electrons. The fourth-order valence-electron chi connectivity index (χ4n) is 3.53. The highest BCUT2D eigenvalue weighted by molar-refractivity contribution is 5.84. The zero-order valence-electron chi connectivity index (χ0n) is 10.5. The summed E-state index contributed by atoms with van der Waals surface area (Å²) in [5.41, 5.74) is 0.676. The number of carbonyl (C=O) groups is 1. The van der Waals surface area contributed by atoms with Crippen molar-refractivity contribution < 1.29 is 9.53 Å². The molecule has 0 bridgehead atoms. The summed E-state index contributed by atoms with van der Waals surface area (Å²) in [5.74, 6) is 0.460. The molecule has 1 saturated heterocycles. The first-order valence-corrected chi connectivity index (χ1v) is 6.59. The summed E-state index contributed by atoms with van der Waals surface area (Å²) < 4.78 is 5.65. The van der Waals surface area contributed by atoms with E-state index in [1.165, 1.54) is 10.8 Å². The van der Waals surface area contributed by atoms with Gasteiger partial charge in [0.25, 0.3) is 0 Å². The van der Waals surface area contributed by atoms with Crippen molar-refractivity contribution in [3.05, 3.63) is 60.7 Å². The van der Waals surface area contributed by atoms with Gasteiger partial charge in [0.2, 0.25) is 0 Å². The molecule has 4 rings (SSSR count). The summed E-state index contributed by atoms with van der Waals surface area (Å²) in [6, 6.07) is 14.6. The third-order valence-corrected chi connectivity index (χ3v) is 4.49. The molecule has 1 aliphatic heterocycles. The van der Waals surface area contributed by atoms with Gasteiger partial charge in [-0.2, -0.15) is 0 Å². The lowest BCUT2D eigenvalue weighted by atomic mass is 10.00. The van der Waals surface area contributed by atoms with Crippen LogP contribution in [0.1, 0.15) is 12.0 Å². The van der Waals surface area contributed by atoms with Gasteiger partial charge < -0.3 is 4.74 Å². The van der Waals surface area contributed by atoms with Crippen LogP contribution in [0.3, 0.4) is 0 Å². The van der Waals surface area contributed by atoms with E-state index in [9.17, 15) is 4.79 Å². The number of fused-ring (bicyclic) bond motifs is 2. The van der Waals surface area contributed by atoms with Gasteiger partial charge in [-0.25, -0.2) is 0 Å². The second kappa shape index (κ2) is 3.47. The minimum Gasteiger partial charge on any atom is -0.453 e. The smallest absolute Gasteiger partial charge is 0.307 e. The van der Waals surface area contributed by atoms with Crippen molar-refractivity contribution in [3.8, 4) is 0 Å². The molecule has 2 fully saturated rings. The van der Waals surface area contributed by atoms with Crippen LogP contribution >= 0.6 is 0 Å². The number of rotatable bonds is 2. The molecule has 2 heteroatoms. The third-order valence-electron chi connectivity index (χ3n) is 4.49. The normalized spacial score (nSPS) is 31.9. The molecular weight excluding hydrogens is 236 g/mol. The summed E-state index contributed by atoms with van der Waals surface area (Å²) >= 11 is 0. The largest absolute Gasteiger partial charge is 0.453 e. The molecule has 2 nitrogen and oxygen atoms in total. The number of hydrogen-bond donors (Lipinski definition) is 0. The van der Waals surface area contributed by atoms with Crippen LogP contribution in [0, 0.1) is 11.8 Å². The van der Waals surface area contributed by atoms with Gasteiger partial charge in [-0.05, 0) is 22.4 Å². The Hall–Kier alpha value is -2.09. The van der Waals surface area contributed by atoms with Gasteiger partial charge in [-0.3, -0.25) is 4.79 Å². The predicted octanol–water partition coefficient (Wildman–Crippen LogP) is 3.41. The topological polar surface area (TPSA) is 26.3 Å². The van der Waals surface area contributed by atoms with Crippen LogP contribution in [0.5, 0.6) is 0 Å². The maximum absolute atomic E-state index is 11.5. The molecule has 2 aromatic rings. The Morgan fingerprint density at radius 3 is 2.79 bits per heavy atom. The molecule has 0 spiro atoms. The summed E-state index contributed by atoms with van der Waals surface area (Å²) in [6.45, 7) is 3.87. The molecule has 2 aliphatic rings. The van der Waals surface area contributed by atoms with Crippen LogP contribution in [0.4, 0.5) is 0 Å². The van der Waals surface area contributed by atoms with Crippen molar-refractivity contribution in [3.63, 3.8) is 0 Å². The standard InChI is InChI=1S/C17H14O2/c1-2-14-15-10-16(18)19-17(14,15)13-8-7-11-5-3-4-6-12(11)9-13/h2-9,14-15H,1,10H2/t14-,15?,17+/m0/s1. The van der Waals surface area contributed by atoms with E-state index < -0.39 is 5.60 Å². The molecule has 1 saturated carbocycles. The van der Waals surface area contributed by atoms with Gasteiger partial charge in [-0.15, -0.1) is 6.58 Å². The van der Waals surface area contributed by atoms with Crippen LogP contribution in [-0.2, 0) is 15.1 Å². The highest BCUT2D eigenvalue weighted by Crippen LogP contribution is 2.66. The molecule has 1 unspecified atom stereocenters. The molecule has 19 heavy (non-hydrogen) atoms. The molecule has 0 amide bonds.